The molecule has 114 valence electrons. The normalized spacial score (nSPS) is 13.7. The Labute approximate surface area is 128 Å². The fraction of sp³-hybridized carbons (Fsp3) is 0.538. The summed E-state index contributed by atoms with van der Waals surface area (Å²) in [5.74, 6) is -0.593. The number of nitrogens with one attached hydrogen (secondary N) is 1. The van der Waals surface area contributed by atoms with Crippen molar-refractivity contribution in [3.05, 3.63) is 28.5 Å². The molecule has 0 aromatic heterocycles. The van der Waals surface area contributed by atoms with Gasteiger partial charge in [-0.1, -0.05) is 6.92 Å². The summed E-state index contributed by atoms with van der Waals surface area (Å²) in [6, 6.07) is 4.15. The largest absolute Gasteiger partial charge is 0.302 e. The number of likely N-dealkylation sites (N-methyl/N-ethyl adjacent to an activating group) is 1. The Bertz CT molecular complexity index is 551. The predicted molar refractivity (Wildman–Crippen MR) is 81.7 cm³/mol. The molecule has 0 spiro atoms. The summed E-state index contributed by atoms with van der Waals surface area (Å²) in [6.07, 6.45) is 1.00. The fourth-order valence-corrected chi connectivity index (χ4v) is 2.89. The lowest BCUT2D eigenvalue weighted by atomic mass is 10.2. The van der Waals surface area contributed by atoms with Crippen LogP contribution < -0.4 is 4.72 Å². The van der Waals surface area contributed by atoms with Gasteiger partial charge >= 0.3 is 0 Å². The van der Waals surface area contributed by atoms with Gasteiger partial charge in [-0.15, -0.1) is 0 Å². The molecule has 0 aliphatic carbocycles. The van der Waals surface area contributed by atoms with Crippen LogP contribution in [0.15, 0.2) is 27.6 Å². The highest BCUT2D eigenvalue weighted by Crippen LogP contribution is 2.19. The Hall–Kier alpha value is -0.500. The van der Waals surface area contributed by atoms with E-state index < -0.39 is 15.8 Å². The molecule has 1 rings (SSSR count). The monoisotopic (exact) mass is 366 g/mol. The van der Waals surface area contributed by atoms with Crippen molar-refractivity contribution < 1.29 is 12.8 Å². The second-order valence-electron chi connectivity index (χ2n) is 4.71. The molecular weight excluding hydrogens is 347 g/mol. The number of rotatable bonds is 7. The highest BCUT2D eigenvalue weighted by Gasteiger charge is 2.16. The van der Waals surface area contributed by atoms with Crippen molar-refractivity contribution >= 4 is 26.0 Å². The van der Waals surface area contributed by atoms with E-state index in [4.69, 9.17) is 0 Å². The van der Waals surface area contributed by atoms with Gasteiger partial charge in [0.2, 0.25) is 10.0 Å². The SMILES string of the molecule is CCC(C)N(C)CCNS(=O)(=O)c1ccc(Br)c(F)c1. The Morgan fingerprint density at radius 1 is 1.45 bits per heavy atom. The highest BCUT2D eigenvalue weighted by molar-refractivity contribution is 9.10. The molecule has 0 amide bonds. The molecule has 1 aromatic rings. The number of benzene rings is 1. The Morgan fingerprint density at radius 2 is 2.10 bits per heavy atom. The van der Waals surface area contributed by atoms with Crippen LogP contribution in [0.4, 0.5) is 4.39 Å². The zero-order valence-corrected chi connectivity index (χ0v) is 14.3. The molecule has 0 fully saturated rings. The lowest BCUT2D eigenvalue weighted by Crippen LogP contribution is -2.37. The van der Waals surface area contributed by atoms with E-state index in [1.807, 2.05) is 7.05 Å². The maximum absolute atomic E-state index is 13.4. The maximum Gasteiger partial charge on any atom is 0.240 e. The van der Waals surface area contributed by atoms with Crippen molar-refractivity contribution in [3.63, 3.8) is 0 Å². The number of hydrogen-bond acceptors (Lipinski definition) is 3. The van der Waals surface area contributed by atoms with Crippen LogP contribution in [0.1, 0.15) is 20.3 Å². The van der Waals surface area contributed by atoms with Crippen LogP contribution in [-0.2, 0) is 10.0 Å². The molecular formula is C13H20BrFN2O2S. The van der Waals surface area contributed by atoms with Gasteiger partial charge in [0, 0.05) is 19.1 Å². The standard InChI is InChI=1S/C13H20BrFN2O2S/c1-4-10(2)17(3)8-7-16-20(18,19)11-5-6-12(14)13(15)9-11/h5-6,9-10,16H,4,7-8H2,1-3H3. The lowest BCUT2D eigenvalue weighted by molar-refractivity contribution is 0.256. The predicted octanol–water partition coefficient (Wildman–Crippen LogP) is 2.60. The third kappa shape index (κ3) is 4.80. The molecule has 1 unspecified atom stereocenters. The van der Waals surface area contributed by atoms with Gasteiger partial charge in [-0.25, -0.2) is 17.5 Å². The van der Waals surface area contributed by atoms with E-state index in [9.17, 15) is 12.8 Å². The van der Waals surface area contributed by atoms with E-state index in [-0.39, 0.29) is 9.37 Å². The zero-order chi connectivity index (χ0) is 15.3. The first-order valence-electron chi connectivity index (χ1n) is 6.43. The van der Waals surface area contributed by atoms with Crippen LogP contribution >= 0.6 is 15.9 Å². The first-order chi connectivity index (χ1) is 9.27. The number of hydrogen-bond donors (Lipinski definition) is 1. The zero-order valence-electron chi connectivity index (χ0n) is 11.9. The van der Waals surface area contributed by atoms with Crippen molar-refractivity contribution in [2.75, 3.05) is 20.1 Å². The molecule has 1 atom stereocenters. The van der Waals surface area contributed by atoms with E-state index in [0.717, 1.165) is 12.5 Å². The summed E-state index contributed by atoms with van der Waals surface area (Å²) in [5, 5.41) is 0. The van der Waals surface area contributed by atoms with Gasteiger partial charge in [-0.2, -0.15) is 0 Å². The third-order valence-electron chi connectivity index (χ3n) is 3.30. The Kier molecular flexibility index (Phi) is 6.57. The fourth-order valence-electron chi connectivity index (χ4n) is 1.62. The first kappa shape index (κ1) is 17.6. The van der Waals surface area contributed by atoms with Crippen molar-refractivity contribution in [1.82, 2.24) is 9.62 Å². The smallest absolute Gasteiger partial charge is 0.240 e. The second-order valence-corrected chi connectivity index (χ2v) is 7.33. The Balaban J connectivity index is 2.64. The van der Waals surface area contributed by atoms with Gasteiger partial charge in [-0.05, 0) is 54.5 Å². The lowest BCUT2D eigenvalue weighted by Gasteiger charge is -2.23. The molecule has 20 heavy (non-hydrogen) atoms. The molecule has 0 saturated carbocycles. The summed E-state index contributed by atoms with van der Waals surface area (Å²) in [7, 11) is -1.72. The Morgan fingerprint density at radius 3 is 2.65 bits per heavy atom. The molecule has 7 heteroatoms. The van der Waals surface area contributed by atoms with E-state index in [1.54, 1.807) is 0 Å². The highest BCUT2D eigenvalue weighted by atomic mass is 79.9. The number of halogens is 2. The van der Waals surface area contributed by atoms with Gasteiger partial charge in [0.1, 0.15) is 5.82 Å². The van der Waals surface area contributed by atoms with Crippen molar-refractivity contribution in [2.45, 2.75) is 31.2 Å². The molecule has 0 saturated heterocycles. The molecule has 0 bridgehead atoms. The maximum atomic E-state index is 13.4. The van der Waals surface area contributed by atoms with Gasteiger partial charge in [0.05, 0.1) is 9.37 Å². The molecule has 0 aliphatic heterocycles. The summed E-state index contributed by atoms with van der Waals surface area (Å²) in [5.41, 5.74) is 0. The number of sulfonamides is 1. The average Bonchev–Trinajstić information content (AvgIpc) is 2.40. The van der Waals surface area contributed by atoms with Gasteiger partial charge in [0.25, 0.3) is 0 Å². The topological polar surface area (TPSA) is 49.4 Å². The van der Waals surface area contributed by atoms with Crippen molar-refractivity contribution in [1.29, 1.82) is 0 Å². The van der Waals surface area contributed by atoms with Crippen molar-refractivity contribution in [3.8, 4) is 0 Å². The van der Waals surface area contributed by atoms with E-state index >= 15 is 0 Å². The molecule has 0 radical (unpaired) electrons. The third-order valence-corrected chi connectivity index (χ3v) is 5.40. The summed E-state index contributed by atoms with van der Waals surface area (Å²) < 4.78 is 40.1. The summed E-state index contributed by atoms with van der Waals surface area (Å²) >= 11 is 2.99. The molecule has 4 nitrogen and oxygen atoms in total. The van der Waals surface area contributed by atoms with E-state index in [1.165, 1.54) is 12.1 Å². The summed E-state index contributed by atoms with van der Waals surface area (Å²) in [6.45, 7) is 5.06. The minimum atomic E-state index is -3.67. The van der Waals surface area contributed by atoms with Gasteiger partial charge in [-0.3, -0.25) is 0 Å². The minimum absolute atomic E-state index is 0.0654. The van der Waals surface area contributed by atoms with E-state index in [2.05, 4.69) is 39.4 Å². The van der Waals surface area contributed by atoms with Crippen LogP contribution in [0, 0.1) is 5.82 Å². The minimum Gasteiger partial charge on any atom is -0.302 e. The first-order valence-corrected chi connectivity index (χ1v) is 8.70. The van der Waals surface area contributed by atoms with E-state index in [0.29, 0.717) is 19.1 Å². The molecule has 1 N–H and O–H groups in total. The van der Waals surface area contributed by atoms with Crippen LogP contribution in [0.5, 0.6) is 0 Å². The molecule has 0 aliphatic rings. The number of nitrogens with zero attached hydrogens (tertiary/aromatic N) is 1. The van der Waals surface area contributed by atoms with Gasteiger partial charge in [0.15, 0.2) is 0 Å². The van der Waals surface area contributed by atoms with Crippen LogP contribution in [0.3, 0.4) is 0 Å². The van der Waals surface area contributed by atoms with Crippen LogP contribution in [-0.4, -0.2) is 39.5 Å². The molecule has 0 heterocycles. The summed E-state index contributed by atoms with van der Waals surface area (Å²) in [4.78, 5) is 2.01. The van der Waals surface area contributed by atoms with Gasteiger partial charge < -0.3 is 4.90 Å². The van der Waals surface area contributed by atoms with Crippen LogP contribution in [0.25, 0.3) is 0 Å². The van der Waals surface area contributed by atoms with Crippen molar-refractivity contribution in [2.24, 2.45) is 0 Å². The average molecular weight is 367 g/mol. The second kappa shape index (κ2) is 7.49. The molecule has 1 aromatic carbocycles. The van der Waals surface area contributed by atoms with Crippen LogP contribution in [0.2, 0.25) is 0 Å². The quantitative estimate of drug-likeness (QED) is 0.806.